The zero-order valence-corrected chi connectivity index (χ0v) is 10.3. The van der Waals surface area contributed by atoms with Crippen LogP contribution in [0.15, 0.2) is 0 Å². The minimum Gasteiger partial charge on any atom is -0.481 e. The Morgan fingerprint density at radius 1 is 1.24 bits per heavy atom. The predicted octanol–water partition coefficient (Wildman–Crippen LogP) is 1.79. The van der Waals surface area contributed by atoms with Crippen LogP contribution in [0.25, 0.3) is 0 Å². The summed E-state index contributed by atoms with van der Waals surface area (Å²) in [6.07, 6.45) is 5.36. The number of hydrogen-bond acceptors (Lipinski definition) is 2. The van der Waals surface area contributed by atoms with E-state index in [4.69, 9.17) is 5.11 Å². The van der Waals surface area contributed by atoms with Crippen LogP contribution < -0.4 is 5.32 Å². The second-order valence-electron chi connectivity index (χ2n) is 5.44. The SMILES string of the molecule is CCCC1CC1NC(=O)[C@@H]1CC[C@H](C(=O)O)C1. The summed E-state index contributed by atoms with van der Waals surface area (Å²) in [6.45, 7) is 2.16. The molecular formula is C13H21NO3. The van der Waals surface area contributed by atoms with E-state index in [1.54, 1.807) is 0 Å². The molecule has 4 nitrogen and oxygen atoms in total. The van der Waals surface area contributed by atoms with E-state index in [0.717, 1.165) is 12.8 Å². The maximum absolute atomic E-state index is 11.9. The standard InChI is InChI=1S/C13H21NO3/c1-2-3-8-7-11(8)14-12(15)9-4-5-10(6-9)13(16)17/h8-11H,2-7H2,1H3,(H,14,15)(H,16,17)/t8?,9-,10+,11?/m1/s1. The van der Waals surface area contributed by atoms with Gasteiger partial charge in [-0.05, 0) is 38.0 Å². The Morgan fingerprint density at radius 2 is 1.94 bits per heavy atom. The summed E-state index contributed by atoms with van der Waals surface area (Å²) in [5.74, 6) is -0.385. The molecule has 0 bridgehead atoms. The van der Waals surface area contributed by atoms with Crippen LogP contribution in [-0.2, 0) is 9.59 Å². The van der Waals surface area contributed by atoms with Gasteiger partial charge in [-0.25, -0.2) is 0 Å². The number of nitrogens with one attached hydrogen (secondary N) is 1. The lowest BCUT2D eigenvalue weighted by atomic mass is 10.0. The van der Waals surface area contributed by atoms with E-state index in [-0.39, 0.29) is 17.7 Å². The number of amides is 1. The molecule has 2 aliphatic rings. The molecule has 4 heteroatoms. The van der Waals surface area contributed by atoms with Crippen LogP contribution in [0.3, 0.4) is 0 Å². The highest BCUT2D eigenvalue weighted by Gasteiger charge is 2.40. The summed E-state index contributed by atoms with van der Waals surface area (Å²) < 4.78 is 0. The summed E-state index contributed by atoms with van der Waals surface area (Å²) in [5.41, 5.74) is 0. The number of carboxylic acid groups (broad SMARTS) is 1. The average Bonchev–Trinajstić information content (AvgIpc) is 2.83. The number of rotatable bonds is 5. The predicted molar refractivity (Wildman–Crippen MR) is 63.4 cm³/mol. The summed E-state index contributed by atoms with van der Waals surface area (Å²) in [7, 11) is 0. The maximum atomic E-state index is 11.9. The van der Waals surface area contributed by atoms with Gasteiger partial charge in [0, 0.05) is 12.0 Å². The van der Waals surface area contributed by atoms with E-state index >= 15 is 0 Å². The first-order chi connectivity index (χ1) is 8.11. The minimum atomic E-state index is -0.754. The monoisotopic (exact) mass is 239 g/mol. The molecule has 96 valence electrons. The van der Waals surface area contributed by atoms with E-state index in [9.17, 15) is 9.59 Å². The van der Waals surface area contributed by atoms with Gasteiger partial charge in [0.1, 0.15) is 0 Å². The first-order valence-electron chi connectivity index (χ1n) is 6.65. The lowest BCUT2D eigenvalue weighted by Crippen LogP contribution is -2.32. The van der Waals surface area contributed by atoms with Crippen LogP contribution in [0.4, 0.5) is 0 Å². The first kappa shape index (κ1) is 12.4. The Labute approximate surface area is 102 Å². The van der Waals surface area contributed by atoms with E-state index < -0.39 is 5.97 Å². The van der Waals surface area contributed by atoms with E-state index in [1.807, 2.05) is 0 Å². The first-order valence-corrected chi connectivity index (χ1v) is 6.65. The van der Waals surface area contributed by atoms with Crippen LogP contribution in [0, 0.1) is 17.8 Å². The van der Waals surface area contributed by atoms with Crippen LogP contribution in [-0.4, -0.2) is 23.0 Å². The highest BCUT2D eigenvalue weighted by atomic mass is 16.4. The number of hydrogen-bond donors (Lipinski definition) is 2. The molecule has 2 N–H and O–H groups in total. The molecule has 4 atom stereocenters. The van der Waals surface area contributed by atoms with Gasteiger partial charge in [0.2, 0.25) is 5.91 Å². The molecule has 17 heavy (non-hydrogen) atoms. The third-order valence-electron chi connectivity index (χ3n) is 4.06. The van der Waals surface area contributed by atoms with Crippen molar-refractivity contribution in [2.75, 3.05) is 0 Å². The lowest BCUT2D eigenvalue weighted by Gasteiger charge is -2.10. The van der Waals surface area contributed by atoms with Crippen LogP contribution >= 0.6 is 0 Å². The zero-order chi connectivity index (χ0) is 12.4. The van der Waals surface area contributed by atoms with Gasteiger partial charge in [-0.1, -0.05) is 13.3 Å². The van der Waals surface area contributed by atoms with Crippen molar-refractivity contribution in [1.82, 2.24) is 5.32 Å². The van der Waals surface area contributed by atoms with Gasteiger partial charge in [0.15, 0.2) is 0 Å². The lowest BCUT2D eigenvalue weighted by molar-refractivity contribution is -0.141. The van der Waals surface area contributed by atoms with E-state index in [0.29, 0.717) is 24.8 Å². The smallest absolute Gasteiger partial charge is 0.306 e. The molecule has 1 amide bonds. The van der Waals surface area contributed by atoms with Gasteiger partial charge in [0.25, 0.3) is 0 Å². The molecule has 2 aliphatic carbocycles. The number of aliphatic carboxylic acids is 1. The molecule has 0 radical (unpaired) electrons. The van der Waals surface area contributed by atoms with Gasteiger partial charge < -0.3 is 10.4 Å². The molecule has 0 heterocycles. The molecule has 0 spiro atoms. The van der Waals surface area contributed by atoms with Crippen molar-refractivity contribution < 1.29 is 14.7 Å². The van der Waals surface area contributed by atoms with Crippen LogP contribution in [0.5, 0.6) is 0 Å². The van der Waals surface area contributed by atoms with Crippen molar-refractivity contribution in [3.63, 3.8) is 0 Å². The fourth-order valence-electron chi connectivity index (χ4n) is 2.86. The van der Waals surface area contributed by atoms with Crippen molar-refractivity contribution in [3.05, 3.63) is 0 Å². The second kappa shape index (κ2) is 5.07. The molecule has 2 unspecified atom stereocenters. The topological polar surface area (TPSA) is 66.4 Å². The van der Waals surface area contributed by atoms with Crippen LogP contribution in [0.1, 0.15) is 45.4 Å². The fraction of sp³-hybridized carbons (Fsp3) is 0.846. The molecule has 0 aromatic carbocycles. The van der Waals surface area contributed by atoms with Crippen molar-refractivity contribution in [2.24, 2.45) is 17.8 Å². The van der Waals surface area contributed by atoms with Crippen molar-refractivity contribution in [2.45, 2.75) is 51.5 Å². The summed E-state index contributed by atoms with van der Waals surface area (Å²) in [5, 5.41) is 11.9. The highest BCUT2D eigenvalue weighted by molar-refractivity contribution is 5.81. The van der Waals surface area contributed by atoms with Gasteiger partial charge >= 0.3 is 5.97 Å². The van der Waals surface area contributed by atoms with E-state index in [2.05, 4.69) is 12.2 Å². The third kappa shape index (κ3) is 2.99. The highest BCUT2D eigenvalue weighted by Crippen LogP contribution is 2.36. The average molecular weight is 239 g/mol. The molecule has 0 aliphatic heterocycles. The number of carboxylic acids is 1. The second-order valence-corrected chi connectivity index (χ2v) is 5.44. The normalized spacial score (nSPS) is 35.6. The Hall–Kier alpha value is -1.06. The molecule has 2 rings (SSSR count). The quantitative estimate of drug-likeness (QED) is 0.768. The van der Waals surface area contributed by atoms with E-state index in [1.165, 1.54) is 12.8 Å². The van der Waals surface area contributed by atoms with Crippen molar-refractivity contribution >= 4 is 11.9 Å². The van der Waals surface area contributed by atoms with Gasteiger partial charge in [-0.15, -0.1) is 0 Å². The molecule has 2 saturated carbocycles. The molecular weight excluding hydrogens is 218 g/mol. The summed E-state index contributed by atoms with van der Waals surface area (Å²) in [4.78, 5) is 22.7. The Bertz CT molecular complexity index is 316. The van der Waals surface area contributed by atoms with Crippen molar-refractivity contribution in [1.29, 1.82) is 0 Å². The fourth-order valence-corrected chi connectivity index (χ4v) is 2.86. The third-order valence-corrected chi connectivity index (χ3v) is 4.06. The van der Waals surface area contributed by atoms with Crippen LogP contribution in [0.2, 0.25) is 0 Å². The zero-order valence-electron chi connectivity index (χ0n) is 10.3. The maximum Gasteiger partial charge on any atom is 0.306 e. The van der Waals surface area contributed by atoms with Crippen molar-refractivity contribution in [3.8, 4) is 0 Å². The summed E-state index contributed by atoms with van der Waals surface area (Å²) >= 11 is 0. The van der Waals surface area contributed by atoms with Gasteiger partial charge in [-0.2, -0.15) is 0 Å². The Kier molecular flexibility index (Phi) is 3.69. The minimum absolute atomic E-state index is 0.0704. The largest absolute Gasteiger partial charge is 0.481 e. The number of carbonyl (C=O) groups is 2. The Morgan fingerprint density at radius 3 is 2.53 bits per heavy atom. The molecule has 2 fully saturated rings. The number of carbonyl (C=O) groups excluding carboxylic acids is 1. The molecule has 0 aromatic heterocycles. The van der Waals surface area contributed by atoms with Gasteiger partial charge in [0.05, 0.1) is 5.92 Å². The molecule has 0 aromatic rings. The summed E-state index contributed by atoms with van der Waals surface area (Å²) in [6, 6.07) is 0.367. The van der Waals surface area contributed by atoms with Gasteiger partial charge in [-0.3, -0.25) is 9.59 Å². The molecule has 0 saturated heterocycles. The Balaban J connectivity index is 1.73.